The highest BCUT2D eigenvalue weighted by Crippen LogP contribution is 2.22. The molecule has 154 valence electrons. The fraction of sp³-hybridized carbons (Fsp3) is 0.261. The molecule has 0 aliphatic rings. The van der Waals surface area contributed by atoms with Crippen molar-refractivity contribution in [1.29, 1.82) is 5.26 Å². The predicted octanol–water partition coefficient (Wildman–Crippen LogP) is 3.00. The number of benzene rings is 2. The largest absolute Gasteiger partial charge is 0.383 e. The molecule has 2 aromatic carbocycles. The number of rotatable bonds is 8. The van der Waals surface area contributed by atoms with E-state index in [0.29, 0.717) is 25.2 Å². The lowest BCUT2D eigenvalue weighted by molar-refractivity contribution is 0.602. The van der Waals surface area contributed by atoms with Crippen molar-refractivity contribution in [3.63, 3.8) is 0 Å². The first kappa shape index (κ1) is 20.9. The van der Waals surface area contributed by atoms with Crippen molar-refractivity contribution in [2.45, 2.75) is 39.4 Å². The van der Waals surface area contributed by atoms with Gasteiger partial charge in [0.2, 0.25) is 0 Å². The van der Waals surface area contributed by atoms with E-state index in [9.17, 15) is 14.9 Å². The number of aromatic nitrogens is 2. The van der Waals surface area contributed by atoms with Crippen LogP contribution in [-0.4, -0.2) is 9.55 Å². The second-order valence-corrected chi connectivity index (χ2v) is 7.15. The molecule has 0 amide bonds. The summed E-state index contributed by atoms with van der Waals surface area (Å²) in [4.78, 5) is 29.4. The fourth-order valence-corrected chi connectivity index (χ4v) is 3.40. The van der Waals surface area contributed by atoms with Crippen LogP contribution < -0.4 is 21.9 Å². The number of nitrogen functional groups attached to an aromatic ring is 1. The lowest BCUT2D eigenvalue weighted by atomic mass is 10.1. The molecule has 1 heterocycles. The van der Waals surface area contributed by atoms with Crippen LogP contribution >= 0.6 is 0 Å². The summed E-state index contributed by atoms with van der Waals surface area (Å²) in [6.07, 6.45) is 1.67. The van der Waals surface area contributed by atoms with Crippen LogP contribution in [0, 0.1) is 11.3 Å². The molecule has 0 bridgehead atoms. The molecule has 3 N–H and O–H groups in total. The van der Waals surface area contributed by atoms with Gasteiger partial charge in [-0.3, -0.25) is 14.3 Å². The number of aromatic amines is 1. The molecule has 0 saturated heterocycles. The number of anilines is 2. The number of hydrogen-bond donors (Lipinski definition) is 2. The average molecular weight is 403 g/mol. The molecule has 7 heteroatoms. The van der Waals surface area contributed by atoms with Crippen LogP contribution in [0.15, 0.2) is 64.2 Å². The van der Waals surface area contributed by atoms with Crippen molar-refractivity contribution in [3.8, 4) is 6.07 Å². The number of hydrogen-bond acceptors (Lipinski definition) is 5. The molecule has 3 rings (SSSR count). The molecule has 0 spiro atoms. The lowest BCUT2D eigenvalue weighted by Gasteiger charge is -2.26. The van der Waals surface area contributed by atoms with Crippen LogP contribution in [0.1, 0.15) is 36.5 Å². The Bertz CT molecular complexity index is 1160. The normalized spacial score (nSPS) is 10.5. The summed E-state index contributed by atoms with van der Waals surface area (Å²) in [5, 5.41) is 9.21. The molecule has 0 unspecified atom stereocenters. The van der Waals surface area contributed by atoms with Gasteiger partial charge >= 0.3 is 5.69 Å². The van der Waals surface area contributed by atoms with Crippen molar-refractivity contribution in [2.75, 3.05) is 10.6 Å². The highest BCUT2D eigenvalue weighted by molar-refractivity contribution is 5.63. The van der Waals surface area contributed by atoms with E-state index in [4.69, 9.17) is 5.73 Å². The van der Waals surface area contributed by atoms with Gasteiger partial charge in [-0.05, 0) is 29.7 Å². The third kappa shape index (κ3) is 4.78. The second-order valence-electron chi connectivity index (χ2n) is 7.15. The maximum Gasteiger partial charge on any atom is 0.330 e. The molecule has 0 atom stereocenters. The van der Waals surface area contributed by atoms with Crippen LogP contribution in [-0.2, 0) is 19.6 Å². The number of nitrogens with two attached hydrogens (primary N) is 1. The van der Waals surface area contributed by atoms with E-state index in [1.165, 1.54) is 4.57 Å². The second kappa shape index (κ2) is 9.61. The molecular formula is C23H25N5O2. The van der Waals surface area contributed by atoms with Crippen LogP contribution in [0.5, 0.6) is 0 Å². The van der Waals surface area contributed by atoms with E-state index < -0.39 is 11.2 Å². The van der Waals surface area contributed by atoms with Crippen molar-refractivity contribution in [1.82, 2.24) is 9.55 Å². The van der Waals surface area contributed by atoms with E-state index in [0.717, 1.165) is 24.0 Å². The summed E-state index contributed by atoms with van der Waals surface area (Å²) in [7, 11) is 0. The lowest BCUT2D eigenvalue weighted by Crippen LogP contribution is -2.38. The third-order valence-electron chi connectivity index (χ3n) is 4.91. The van der Waals surface area contributed by atoms with Gasteiger partial charge in [-0.1, -0.05) is 55.8 Å². The van der Waals surface area contributed by atoms with Gasteiger partial charge in [-0.2, -0.15) is 5.26 Å². The number of nitrogens with zero attached hydrogens (tertiary/aromatic N) is 3. The molecule has 3 aromatic rings. The van der Waals surface area contributed by atoms with Crippen molar-refractivity contribution >= 4 is 11.5 Å². The van der Waals surface area contributed by atoms with Gasteiger partial charge < -0.3 is 10.6 Å². The summed E-state index contributed by atoms with van der Waals surface area (Å²) in [6.45, 7) is 3.26. The zero-order chi connectivity index (χ0) is 21.5. The Labute approximate surface area is 175 Å². The first-order valence-electron chi connectivity index (χ1n) is 9.94. The summed E-state index contributed by atoms with van der Waals surface area (Å²) in [5.41, 5.74) is 8.00. The van der Waals surface area contributed by atoms with E-state index in [1.54, 1.807) is 12.1 Å². The topological polar surface area (TPSA) is 108 Å². The minimum Gasteiger partial charge on any atom is -0.383 e. The predicted molar refractivity (Wildman–Crippen MR) is 118 cm³/mol. The van der Waals surface area contributed by atoms with Gasteiger partial charge in [-0.15, -0.1) is 0 Å². The van der Waals surface area contributed by atoms with E-state index in [2.05, 4.69) is 11.1 Å². The van der Waals surface area contributed by atoms with Crippen LogP contribution in [0.3, 0.4) is 0 Å². The molecule has 0 radical (unpaired) electrons. The Morgan fingerprint density at radius 3 is 2.47 bits per heavy atom. The van der Waals surface area contributed by atoms with Crippen LogP contribution in [0.4, 0.5) is 11.5 Å². The zero-order valence-corrected chi connectivity index (χ0v) is 17.0. The Kier molecular flexibility index (Phi) is 6.71. The Morgan fingerprint density at radius 2 is 1.77 bits per heavy atom. The van der Waals surface area contributed by atoms with E-state index in [-0.39, 0.29) is 11.5 Å². The summed E-state index contributed by atoms with van der Waals surface area (Å²) < 4.78 is 1.42. The molecule has 0 aliphatic carbocycles. The monoisotopic (exact) mass is 403 g/mol. The Hall–Kier alpha value is -3.79. The van der Waals surface area contributed by atoms with Gasteiger partial charge in [0.25, 0.3) is 5.56 Å². The number of unbranched alkanes of at least 4 members (excludes halogenated alkanes) is 1. The van der Waals surface area contributed by atoms with Crippen molar-refractivity contribution in [2.24, 2.45) is 0 Å². The first-order valence-corrected chi connectivity index (χ1v) is 9.94. The van der Waals surface area contributed by atoms with Gasteiger partial charge in [0.05, 0.1) is 11.6 Å². The van der Waals surface area contributed by atoms with Gasteiger partial charge in [-0.25, -0.2) is 4.79 Å². The number of nitriles is 1. The smallest absolute Gasteiger partial charge is 0.330 e. The number of nitrogens with one attached hydrogen (secondary N) is 1. The highest BCUT2D eigenvalue weighted by atomic mass is 16.2. The van der Waals surface area contributed by atoms with Crippen molar-refractivity contribution in [3.05, 3.63) is 92.1 Å². The number of H-pyrrole nitrogens is 1. The summed E-state index contributed by atoms with van der Waals surface area (Å²) >= 11 is 0. The minimum atomic E-state index is -0.516. The van der Waals surface area contributed by atoms with Gasteiger partial charge in [0.1, 0.15) is 11.5 Å². The van der Waals surface area contributed by atoms with Gasteiger partial charge in [0.15, 0.2) is 0 Å². The molecule has 7 nitrogen and oxygen atoms in total. The maximum absolute atomic E-state index is 12.8. The SMILES string of the molecule is CCCCn1c(N)c(N(Cc2ccccc2)Cc2cccc(C#N)c2)c(=O)[nH]c1=O. The van der Waals surface area contributed by atoms with Crippen LogP contribution in [0.2, 0.25) is 0 Å². The van der Waals surface area contributed by atoms with Crippen molar-refractivity contribution < 1.29 is 0 Å². The fourth-order valence-electron chi connectivity index (χ4n) is 3.40. The van der Waals surface area contributed by atoms with E-state index in [1.807, 2.05) is 54.3 Å². The summed E-state index contributed by atoms with van der Waals surface area (Å²) in [6, 6.07) is 19.1. The Morgan fingerprint density at radius 1 is 1.07 bits per heavy atom. The maximum atomic E-state index is 12.8. The first-order chi connectivity index (χ1) is 14.5. The molecule has 0 saturated carbocycles. The molecule has 0 fully saturated rings. The summed E-state index contributed by atoms with van der Waals surface area (Å²) in [5.74, 6) is 0.157. The average Bonchev–Trinajstić information content (AvgIpc) is 2.74. The minimum absolute atomic E-state index is 0.157. The third-order valence-corrected chi connectivity index (χ3v) is 4.91. The van der Waals surface area contributed by atoms with Crippen LogP contribution in [0.25, 0.3) is 0 Å². The standard InChI is InChI=1S/C23H25N5O2/c1-2-3-12-28-21(25)20(22(29)26-23(28)30)27(15-17-8-5-4-6-9-17)16-19-11-7-10-18(13-19)14-24/h4-11,13H,2-3,12,15-16,25H2,1H3,(H,26,29,30). The quantitative estimate of drug-likeness (QED) is 0.601. The molecular weight excluding hydrogens is 378 g/mol. The Balaban J connectivity index is 2.08. The van der Waals surface area contributed by atoms with E-state index >= 15 is 0 Å². The zero-order valence-electron chi connectivity index (χ0n) is 17.0. The molecule has 30 heavy (non-hydrogen) atoms. The molecule has 0 aliphatic heterocycles. The molecule has 1 aromatic heterocycles. The van der Waals surface area contributed by atoms with Gasteiger partial charge in [0, 0.05) is 19.6 Å². The highest BCUT2D eigenvalue weighted by Gasteiger charge is 2.19.